The summed E-state index contributed by atoms with van der Waals surface area (Å²) in [6, 6.07) is 4.15. The second-order valence-electron chi connectivity index (χ2n) is 7.30. The molecule has 30 heavy (non-hydrogen) atoms. The Bertz CT molecular complexity index is 1270. The van der Waals surface area contributed by atoms with Crippen LogP contribution in [0.4, 0.5) is 10.2 Å². The van der Waals surface area contributed by atoms with E-state index in [4.69, 9.17) is 4.74 Å². The SMILES string of the molecule is Cn1c(C(=O)O)c(OC[C@H]2CCCN2c2ncnc3nc[nH]c23)c2cc(F)ccc21. The topological polar surface area (TPSA) is 109 Å². The van der Waals surface area contributed by atoms with E-state index in [1.807, 2.05) is 0 Å². The van der Waals surface area contributed by atoms with Crippen LogP contribution in [0.5, 0.6) is 5.75 Å². The lowest BCUT2D eigenvalue weighted by Crippen LogP contribution is -2.35. The van der Waals surface area contributed by atoms with E-state index in [0.29, 0.717) is 16.6 Å². The Kier molecular flexibility index (Phi) is 4.27. The van der Waals surface area contributed by atoms with Crippen molar-refractivity contribution < 1.29 is 19.0 Å². The molecule has 4 heterocycles. The van der Waals surface area contributed by atoms with Crippen molar-refractivity contribution in [1.82, 2.24) is 24.5 Å². The second kappa shape index (κ2) is 6.97. The largest absolute Gasteiger partial charge is 0.488 e. The molecule has 0 aliphatic carbocycles. The second-order valence-corrected chi connectivity index (χ2v) is 7.30. The number of fused-ring (bicyclic) bond motifs is 2. The highest BCUT2D eigenvalue weighted by atomic mass is 19.1. The number of hydrogen-bond acceptors (Lipinski definition) is 6. The van der Waals surface area contributed by atoms with E-state index >= 15 is 0 Å². The minimum Gasteiger partial charge on any atom is -0.488 e. The number of nitrogens with zero attached hydrogens (tertiary/aromatic N) is 5. The smallest absolute Gasteiger partial charge is 0.356 e. The van der Waals surface area contributed by atoms with Crippen molar-refractivity contribution in [3.05, 3.63) is 42.4 Å². The molecule has 0 radical (unpaired) electrons. The van der Waals surface area contributed by atoms with Crippen molar-refractivity contribution in [1.29, 1.82) is 0 Å². The molecule has 1 fully saturated rings. The Morgan fingerprint density at radius 3 is 3.07 bits per heavy atom. The van der Waals surface area contributed by atoms with Gasteiger partial charge in [0.25, 0.3) is 0 Å². The van der Waals surface area contributed by atoms with Crippen LogP contribution >= 0.6 is 0 Å². The molecule has 154 valence electrons. The van der Waals surface area contributed by atoms with Crippen LogP contribution in [0.25, 0.3) is 22.1 Å². The van der Waals surface area contributed by atoms with E-state index in [9.17, 15) is 14.3 Å². The number of nitrogens with one attached hydrogen (secondary N) is 1. The number of carboxylic acids is 1. The van der Waals surface area contributed by atoms with Crippen LogP contribution < -0.4 is 9.64 Å². The predicted molar refractivity (Wildman–Crippen MR) is 107 cm³/mol. The molecule has 0 spiro atoms. The molecule has 10 heteroatoms. The highest BCUT2D eigenvalue weighted by Crippen LogP contribution is 2.35. The first-order valence-corrected chi connectivity index (χ1v) is 9.59. The first-order chi connectivity index (χ1) is 14.5. The molecule has 4 aromatic rings. The Hall–Kier alpha value is -3.69. The fraction of sp³-hybridized carbons (Fsp3) is 0.300. The van der Waals surface area contributed by atoms with Crippen LogP contribution in [0.3, 0.4) is 0 Å². The molecule has 1 aliphatic rings. The molecule has 1 atom stereocenters. The molecule has 1 aromatic carbocycles. The number of hydrogen-bond donors (Lipinski definition) is 2. The van der Waals surface area contributed by atoms with Gasteiger partial charge in [0.2, 0.25) is 0 Å². The summed E-state index contributed by atoms with van der Waals surface area (Å²) in [5.74, 6) is -0.644. The van der Waals surface area contributed by atoms with Gasteiger partial charge in [-0.05, 0) is 31.0 Å². The number of halogens is 1. The zero-order valence-corrected chi connectivity index (χ0v) is 16.2. The number of benzene rings is 1. The van der Waals surface area contributed by atoms with E-state index in [-0.39, 0.29) is 24.1 Å². The van der Waals surface area contributed by atoms with Gasteiger partial charge in [-0.1, -0.05) is 0 Å². The standard InChI is InChI=1S/C20H19FN6O3/c1-26-14-5-4-11(21)7-13(14)17(16(26)20(28)29)30-8-12-3-2-6-27(12)19-15-18(23-9-22-15)24-10-25-19/h4-5,7,9-10,12H,2-3,6,8H2,1H3,(H,28,29)(H,22,23,24,25)/t12-/m1/s1. The molecule has 0 amide bonds. The van der Waals surface area contributed by atoms with E-state index < -0.39 is 11.8 Å². The third-order valence-electron chi connectivity index (χ3n) is 5.59. The van der Waals surface area contributed by atoms with Crippen molar-refractivity contribution in [2.45, 2.75) is 18.9 Å². The van der Waals surface area contributed by atoms with Gasteiger partial charge >= 0.3 is 5.97 Å². The summed E-state index contributed by atoms with van der Waals surface area (Å²) >= 11 is 0. The molecule has 5 rings (SSSR count). The third kappa shape index (κ3) is 2.83. The monoisotopic (exact) mass is 410 g/mol. The van der Waals surface area contributed by atoms with Gasteiger partial charge in [-0.15, -0.1) is 0 Å². The van der Waals surface area contributed by atoms with Crippen LogP contribution in [0.2, 0.25) is 0 Å². The fourth-order valence-electron chi connectivity index (χ4n) is 4.21. The molecule has 9 nitrogen and oxygen atoms in total. The molecule has 3 aromatic heterocycles. The third-order valence-corrected chi connectivity index (χ3v) is 5.59. The van der Waals surface area contributed by atoms with Crippen molar-refractivity contribution >= 4 is 33.9 Å². The minimum atomic E-state index is -1.12. The number of aromatic amines is 1. The summed E-state index contributed by atoms with van der Waals surface area (Å²) in [6.07, 6.45) is 4.86. The summed E-state index contributed by atoms with van der Waals surface area (Å²) in [6.45, 7) is 1.03. The van der Waals surface area contributed by atoms with Crippen molar-refractivity contribution in [3.8, 4) is 5.75 Å². The summed E-state index contributed by atoms with van der Waals surface area (Å²) < 4.78 is 21.4. The lowest BCUT2D eigenvalue weighted by molar-refractivity contribution is 0.0682. The Balaban J connectivity index is 1.48. The van der Waals surface area contributed by atoms with E-state index in [0.717, 1.165) is 30.7 Å². The molecule has 0 saturated carbocycles. The number of aromatic carboxylic acids is 1. The number of carboxylic acid groups (broad SMARTS) is 1. The highest BCUT2D eigenvalue weighted by Gasteiger charge is 2.30. The maximum Gasteiger partial charge on any atom is 0.356 e. The Morgan fingerprint density at radius 2 is 2.23 bits per heavy atom. The van der Waals surface area contributed by atoms with Crippen LogP contribution in [0.1, 0.15) is 23.3 Å². The van der Waals surface area contributed by atoms with Gasteiger partial charge in [-0.25, -0.2) is 24.1 Å². The first kappa shape index (κ1) is 18.3. The summed E-state index contributed by atoms with van der Waals surface area (Å²) in [5, 5.41) is 10.1. The van der Waals surface area contributed by atoms with Gasteiger partial charge in [-0.3, -0.25) is 0 Å². The lowest BCUT2D eigenvalue weighted by Gasteiger charge is -2.25. The van der Waals surface area contributed by atoms with Crippen LogP contribution in [0.15, 0.2) is 30.9 Å². The van der Waals surface area contributed by atoms with Crippen molar-refractivity contribution in [3.63, 3.8) is 0 Å². The maximum atomic E-state index is 13.9. The molecular weight excluding hydrogens is 391 g/mol. The molecule has 1 aliphatic heterocycles. The molecule has 0 bridgehead atoms. The molecule has 1 saturated heterocycles. The zero-order valence-electron chi connectivity index (χ0n) is 16.2. The number of carbonyl (C=O) groups is 1. The van der Waals surface area contributed by atoms with Crippen LogP contribution in [-0.2, 0) is 7.05 Å². The number of H-pyrrole nitrogens is 1. The quantitative estimate of drug-likeness (QED) is 0.521. The first-order valence-electron chi connectivity index (χ1n) is 9.59. The lowest BCUT2D eigenvalue weighted by atomic mass is 10.2. The molecular formula is C20H19FN6O3. The average Bonchev–Trinajstić information content (AvgIpc) is 3.43. The summed E-state index contributed by atoms with van der Waals surface area (Å²) in [4.78, 5) is 29.8. The number of aryl methyl sites for hydroxylation is 1. The van der Waals surface area contributed by atoms with E-state index in [1.165, 1.54) is 23.0 Å². The van der Waals surface area contributed by atoms with Gasteiger partial charge < -0.3 is 24.3 Å². The summed E-state index contributed by atoms with van der Waals surface area (Å²) in [5.41, 5.74) is 1.94. The maximum absolute atomic E-state index is 13.9. The van der Waals surface area contributed by atoms with E-state index in [1.54, 1.807) is 19.4 Å². The number of anilines is 1. The number of imidazole rings is 1. The predicted octanol–water partition coefficient (Wildman–Crippen LogP) is 2.73. The van der Waals surface area contributed by atoms with Crippen molar-refractivity contribution in [2.24, 2.45) is 7.05 Å². The Morgan fingerprint density at radius 1 is 1.37 bits per heavy atom. The van der Waals surface area contributed by atoms with Crippen molar-refractivity contribution in [2.75, 3.05) is 18.1 Å². The zero-order chi connectivity index (χ0) is 20.8. The number of aromatic nitrogens is 5. The minimum absolute atomic E-state index is 0.00172. The Labute approximate surface area is 170 Å². The fourth-order valence-corrected chi connectivity index (χ4v) is 4.21. The normalized spacial score (nSPS) is 16.6. The number of ether oxygens (including phenoxy) is 1. The molecule has 0 unspecified atom stereocenters. The number of rotatable bonds is 5. The van der Waals surface area contributed by atoms with Gasteiger partial charge in [0.1, 0.15) is 24.3 Å². The summed E-state index contributed by atoms with van der Waals surface area (Å²) in [7, 11) is 1.63. The van der Waals surface area contributed by atoms with Crippen LogP contribution in [0, 0.1) is 5.82 Å². The highest BCUT2D eigenvalue weighted by molar-refractivity contribution is 6.01. The van der Waals surface area contributed by atoms with E-state index in [2.05, 4.69) is 24.8 Å². The van der Waals surface area contributed by atoms with Gasteiger partial charge in [0, 0.05) is 19.0 Å². The van der Waals surface area contributed by atoms with Crippen LogP contribution in [-0.4, -0.2) is 54.8 Å². The van der Waals surface area contributed by atoms with Gasteiger partial charge in [-0.2, -0.15) is 0 Å². The average molecular weight is 410 g/mol. The van der Waals surface area contributed by atoms with Gasteiger partial charge in [0.05, 0.1) is 17.9 Å². The molecule has 2 N–H and O–H groups in total. The van der Waals surface area contributed by atoms with Gasteiger partial charge in [0.15, 0.2) is 22.9 Å².